The van der Waals surface area contributed by atoms with Crippen molar-refractivity contribution in [2.24, 2.45) is 5.41 Å². The van der Waals surface area contributed by atoms with Gasteiger partial charge in [0, 0.05) is 0 Å². The van der Waals surface area contributed by atoms with Crippen molar-refractivity contribution < 1.29 is 29.3 Å². The van der Waals surface area contributed by atoms with Crippen LogP contribution >= 0.6 is 0 Å². The highest BCUT2D eigenvalue weighted by atomic mass is 16.5. The van der Waals surface area contributed by atoms with E-state index in [2.05, 4.69) is 4.74 Å². The average Bonchev–Trinajstić information content (AvgIpc) is 2.17. The number of rotatable bonds is 6. The lowest BCUT2D eigenvalue weighted by atomic mass is 9.73. The van der Waals surface area contributed by atoms with Gasteiger partial charge in [0.25, 0.3) is 0 Å². The molecule has 0 aromatic heterocycles. The second kappa shape index (κ2) is 5.88. The largest absolute Gasteiger partial charge is 0.465 e. The minimum Gasteiger partial charge on any atom is -0.465 e. The number of aliphatic hydroxyl groups excluding tert-OH is 2. The minimum atomic E-state index is -2.34. The molecule has 0 saturated heterocycles. The second-order valence-electron chi connectivity index (χ2n) is 3.83. The monoisotopic (exact) mass is 246 g/mol. The first-order valence-corrected chi connectivity index (χ1v) is 5.28. The molecule has 0 heterocycles. The van der Waals surface area contributed by atoms with Crippen LogP contribution in [0.15, 0.2) is 0 Å². The molecule has 0 fully saturated rings. The Bertz CT molecular complexity index is 306. The maximum atomic E-state index is 11.8. The van der Waals surface area contributed by atoms with E-state index in [0.29, 0.717) is 0 Å². The van der Waals surface area contributed by atoms with E-state index < -0.39 is 35.2 Å². The van der Waals surface area contributed by atoms with Crippen molar-refractivity contribution in [1.82, 2.24) is 0 Å². The zero-order valence-electron chi connectivity index (χ0n) is 10.4. The molecule has 0 spiro atoms. The highest BCUT2D eigenvalue weighted by Crippen LogP contribution is 2.29. The molecule has 0 bridgehead atoms. The third kappa shape index (κ3) is 2.70. The molecule has 2 N–H and O–H groups in total. The maximum Gasteiger partial charge on any atom is 0.330 e. The van der Waals surface area contributed by atoms with Crippen LogP contribution in [-0.4, -0.2) is 46.6 Å². The van der Waals surface area contributed by atoms with Gasteiger partial charge in [-0.25, -0.2) is 0 Å². The zero-order chi connectivity index (χ0) is 13.8. The number of carbonyl (C=O) groups is 3. The Hall–Kier alpha value is -1.27. The summed E-state index contributed by atoms with van der Waals surface area (Å²) in [6, 6.07) is 0. The quantitative estimate of drug-likeness (QED) is 0.482. The van der Waals surface area contributed by atoms with Crippen LogP contribution in [0.3, 0.4) is 0 Å². The molecule has 0 rings (SSSR count). The lowest BCUT2D eigenvalue weighted by Gasteiger charge is -2.32. The van der Waals surface area contributed by atoms with Gasteiger partial charge in [-0.05, 0) is 27.7 Å². The van der Waals surface area contributed by atoms with Crippen molar-refractivity contribution in [3.63, 3.8) is 0 Å². The predicted octanol–water partition coefficient (Wildman–Crippen LogP) is -0.544. The first-order valence-electron chi connectivity index (χ1n) is 5.28. The summed E-state index contributed by atoms with van der Waals surface area (Å²) in [5, 5.41) is 19.1. The van der Waals surface area contributed by atoms with Gasteiger partial charge in [0.15, 0.2) is 11.6 Å². The molecule has 0 aromatic rings. The standard InChI is InChI=1S/C11H18O6/c1-5-17-10(16)11(7(3)13,8(4)14)9(15)6(2)12/h6,9,12,15H,5H2,1-4H3. The molecule has 0 aliphatic heterocycles. The van der Waals surface area contributed by atoms with E-state index in [1.165, 1.54) is 13.8 Å². The summed E-state index contributed by atoms with van der Waals surface area (Å²) in [6.07, 6.45) is -3.23. The average molecular weight is 246 g/mol. The lowest BCUT2D eigenvalue weighted by Crippen LogP contribution is -2.57. The Morgan fingerprint density at radius 2 is 1.59 bits per heavy atom. The van der Waals surface area contributed by atoms with Gasteiger partial charge in [-0.3, -0.25) is 14.4 Å². The predicted molar refractivity (Wildman–Crippen MR) is 58.1 cm³/mol. The number of carbonyl (C=O) groups excluding carboxylic acids is 3. The third-order valence-electron chi connectivity index (χ3n) is 2.61. The van der Waals surface area contributed by atoms with E-state index in [-0.39, 0.29) is 6.61 Å². The topological polar surface area (TPSA) is 101 Å². The normalized spacial score (nSPS) is 14.9. The Morgan fingerprint density at radius 3 is 1.82 bits per heavy atom. The van der Waals surface area contributed by atoms with Gasteiger partial charge in [0.1, 0.15) is 6.10 Å². The molecule has 2 atom stereocenters. The van der Waals surface area contributed by atoms with Crippen molar-refractivity contribution in [1.29, 1.82) is 0 Å². The molecule has 0 aromatic carbocycles. The number of Topliss-reactive ketones (excluding diaryl/α,β-unsaturated/α-hetero) is 2. The van der Waals surface area contributed by atoms with Crippen LogP contribution in [0.25, 0.3) is 0 Å². The number of aliphatic hydroxyl groups is 2. The molecule has 98 valence electrons. The number of esters is 1. The lowest BCUT2D eigenvalue weighted by molar-refractivity contribution is -0.176. The van der Waals surface area contributed by atoms with E-state index in [1.54, 1.807) is 0 Å². The molecular formula is C11H18O6. The molecule has 17 heavy (non-hydrogen) atoms. The van der Waals surface area contributed by atoms with Gasteiger partial charge in [-0.1, -0.05) is 0 Å². The van der Waals surface area contributed by atoms with Crippen LogP contribution in [0.2, 0.25) is 0 Å². The molecule has 0 amide bonds. The van der Waals surface area contributed by atoms with Gasteiger partial charge in [-0.2, -0.15) is 0 Å². The fraction of sp³-hybridized carbons (Fsp3) is 0.727. The van der Waals surface area contributed by atoms with Gasteiger partial charge in [-0.15, -0.1) is 0 Å². The summed E-state index contributed by atoms with van der Waals surface area (Å²) in [6.45, 7) is 4.67. The molecule has 0 saturated carbocycles. The van der Waals surface area contributed by atoms with E-state index >= 15 is 0 Å². The molecule has 2 unspecified atom stereocenters. The number of ketones is 2. The summed E-state index contributed by atoms with van der Waals surface area (Å²) in [5.74, 6) is -2.83. The number of ether oxygens (including phenoxy) is 1. The van der Waals surface area contributed by atoms with Gasteiger partial charge in [0.2, 0.25) is 5.41 Å². The number of hydrogen-bond acceptors (Lipinski definition) is 6. The van der Waals surface area contributed by atoms with E-state index in [1.807, 2.05) is 0 Å². The molecular weight excluding hydrogens is 228 g/mol. The third-order valence-corrected chi connectivity index (χ3v) is 2.61. The molecule has 0 aliphatic rings. The second-order valence-corrected chi connectivity index (χ2v) is 3.83. The molecule has 6 nitrogen and oxygen atoms in total. The highest BCUT2D eigenvalue weighted by molar-refractivity contribution is 6.21. The summed E-state index contributed by atoms with van der Waals surface area (Å²) in [7, 11) is 0. The summed E-state index contributed by atoms with van der Waals surface area (Å²) in [5.41, 5.74) is -2.34. The van der Waals surface area contributed by atoms with Gasteiger partial charge in [0.05, 0.1) is 12.7 Å². The smallest absolute Gasteiger partial charge is 0.330 e. The van der Waals surface area contributed by atoms with Crippen LogP contribution < -0.4 is 0 Å². The fourth-order valence-corrected chi connectivity index (χ4v) is 1.68. The SMILES string of the molecule is CCOC(=O)C(C(C)=O)(C(C)=O)C(O)C(C)O. The van der Waals surface area contributed by atoms with Crippen LogP contribution in [0, 0.1) is 5.41 Å². The summed E-state index contributed by atoms with van der Waals surface area (Å²) >= 11 is 0. The molecule has 0 aliphatic carbocycles. The zero-order valence-corrected chi connectivity index (χ0v) is 10.4. The first kappa shape index (κ1) is 15.7. The van der Waals surface area contributed by atoms with Crippen molar-refractivity contribution in [3.8, 4) is 0 Å². The van der Waals surface area contributed by atoms with Crippen molar-refractivity contribution >= 4 is 17.5 Å². The summed E-state index contributed by atoms with van der Waals surface area (Å²) < 4.78 is 4.65. The molecule has 6 heteroatoms. The van der Waals surface area contributed by atoms with Crippen LogP contribution in [-0.2, 0) is 19.1 Å². The van der Waals surface area contributed by atoms with Crippen LogP contribution in [0.4, 0.5) is 0 Å². The Balaban J connectivity index is 5.68. The van der Waals surface area contributed by atoms with Gasteiger partial charge < -0.3 is 14.9 Å². The van der Waals surface area contributed by atoms with Crippen LogP contribution in [0.5, 0.6) is 0 Å². The van der Waals surface area contributed by atoms with Crippen molar-refractivity contribution in [3.05, 3.63) is 0 Å². The van der Waals surface area contributed by atoms with Crippen molar-refractivity contribution in [2.45, 2.75) is 39.9 Å². The van der Waals surface area contributed by atoms with E-state index in [0.717, 1.165) is 13.8 Å². The van der Waals surface area contributed by atoms with Gasteiger partial charge >= 0.3 is 5.97 Å². The highest BCUT2D eigenvalue weighted by Gasteiger charge is 2.56. The minimum absolute atomic E-state index is 0.0341. The maximum absolute atomic E-state index is 11.8. The Kier molecular flexibility index (Phi) is 5.44. The Labute approximate surface area is 99.6 Å². The fourth-order valence-electron chi connectivity index (χ4n) is 1.68. The van der Waals surface area contributed by atoms with Crippen LogP contribution in [0.1, 0.15) is 27.7 Å². The molecule has 0 radical (unpaired) electrons. The Morgan fingerprint density at radius 1 is 1.18 bits per heavy atom. The van der Waals surface area contributed by atoms with Crippen molar-refractivity contribution in [2.75, 3.05) is 6.61 Å². The van der Waals surface area contributed by atoms with E-state index in [4.69, 9.17) is 0 Å². The number of hydrogen-bond donors (Lipinski definition) is 2. The first-order chi connectivity index (χ1) is 7.72. The summed E-state index contributed by atoms with van der Waals surface area (Å²) in [4.78, 5) is 34.9. The van der Waals surface area contributed by atoms with E-state index in [9.17, 15) is 24.6 Å².